The summed E-state index contributed by atoms with van der Waals surface area (Å²) in [6, 6.07) is 1.67. The molecule has 0 saturated heterocycles. The van der Waals surface area contributed by atoms with Gasteiger partial charge in [0.15, 0.2) is 0 Å². The second kappa shape index (κ2) is 4.79. The maximum atomic E-state index is 5.81. The summed E-state index contributed by atoms with van der Waals surface area (Å²) in [5.74, 6) is 1.20. The first-order valence-electron chi connectivity index (χ1n) is 5.40. The van der Waals surface area contributed by atoms with Crippen molar-refractivity contribution in [1.29, 1.82) is 0 Å². The zero-order chi connectivity index (χ0) is 10.7. The van der Waals surface area contributed by atoms with Crippen LogP contribution in [-0.4, -0.2) is 16.1 Å². The van der Waals surface area contributed by atoms with E-state index in [1.165, 1.54) is 25.6 Å². The van der Waals surface area contributed by atoms with Crippen molar-refractivity contribution in [2.75, 3.05) is 0 Å². The summed E-state index contributed by atoms with van der Waals surface area (Å²) < 4.78 is 5.81. The molecule has 15 heavy (non-hydrogen) atoms. The number of ether oxygens (including phenoxy) is 1. The third-order valence-electron chi connectivity index (χ3n) is 2.91. The van der Waals surface area contributed by atoms with Gasteiger partial charge in [-0.3, -0.25) is 0 Å². The van der Waals surface area contributed by atoms with Crippen molar-refractivity contribution in [2.24, 2.45) is 5.92 Å². The van der Waals surface area contributed by atoms with E-state index < -0.39 is 0 Å². The third-order valence-corrected chi connectivity index (χ3v) is 3.12. The van der Waals surface area contributed by atoms with Gasteiger partial charge in [-0.1, -0.05) is 24.9 Å². The van der Waals surface area contributed by atoms with Crippen LogP contribution in [0, 0.1) is 5.92 Å². The largest absolute Gasteiger partial charge is 0.474 e. The van der Waals surface area contributed by atoms with Crippen LogP contribution in [0.4, 0.5) is 0 Å². The predicted molar refractivity (Wildman–Crippen MR) is 59.1 cm³/mol. The second-order valence-corrected chi connectivity index (χ2v) is 4.48. The Kier molecular flexibility index (Phi) is 3.41. The molecule has 2 atom stereocenters. The van der Waals surface area contributed by atoms with E-state index in [1.807, 2.05) is 0 Å². The monoisotopic (exact) mass is 226 g/mol. The number of nitrogens with zero attached hydrogens (tertiary/aromatic N) is 2. The van der Waals surface area contributed by atoms with E-state index in [4.69, 9.17) is 16.3 Å². The molecule has 0 unspecified atom stereocenters. The van der Waals surface area contributed by atoms with E-state index in [0.29, 0.717) is 17.0 Å². The summed E-state index contributed by atoms with van der Waals surface area (Å²) in [6.45, 7) is 2.23. The lowest BCUT2D eigenvalue weighted by Gasteiger charge is -2.28. The molecule has 1 saturated carbocycles. The summed E-state index contributed by atoms with van der Waals surface area (Å²) in [5.41, 5.74) is 0. The van der Waals surface area contributed by atoms with E-state index in [2.05, 4.69) is 16.9 Å². The molecular weight excluding hydrogens is 212 g/mol. The van der Waals surface area contributed by atoms with Crippen molar-refractivity contribution in [3.63, 3.8) is 0 Å². The van der Waals surface area contributed by atoms with Crippen LogP contribution in [0.25, 0.3) is 0 Å². The lowest BCUT2D eigenvalue weighted by Crippen LogP contribution is -2.28. The number of halogens is 1. The van der Waals surface area contributed by atoms with Gasteiger partial charge in [0.25, 0.3) is 0 Å². The van der Waals surface area contributed by atoms with Crippen LogP contribution < -0.4 is 4.74 Å². The van der Waals surface area contributed by atoms with Gasteiger partial charge in [-0.05, 0) is 25.2 Å². The zero-order valence-electron chi connectivity index (χ0n) is 8.82. The molecule has 82 valence electrons. The van der Waals surface area contributed by atoms with Gasteiger partial charge >= 0.3 is 0 Å². The Bertz CT molecular complexity index is 332. The maximum Gasteiger partial charge on any atom is 0.218 e. The SMILES string of the molecule is C[C@@H]1CCCC[C@H]1Oc1cc(Cl)ncn1. The topological polar surface area (TPSA) is 35.0 Å². The third kappa shape index (κ3) is 2.81. The fourth-order valence-corrected chi connectivity index (χ4v) is 2.13. The molecule has 1 fully saturated rings. The van der Waals surface area contributed by atoms with Crippen molar-refractivity contribution in [2.45, 2.75) is 38.7 Å². The van der Waals surface area contributed by atoms with Crippen LogP contribution in [0.3, 0.4) is 0 Å². The Labute approximate surface area is 94.8 Å². The van der Waals surface area contributed by atoms with Gasteiger partial charge in [0.1, 0.15) is 17.6 Å². The fraction of sp³-hybridized carbons (Fsp3) is 0.636. The first kappa shape index (κ1) is 10.7. The van der Waals surface area contributed by atoms with Gasteiger partial charge in [0.05, 0.1) is 0 Å². The molecule has 0 spiro atoms. The van der Waals surface area contributed by atoms with E-state index in [-0.39, 0.29) is 6.10 Å². The second-order valence-electron chi connectivity index (χ2n) is 4.10. The van der Waals surface area contributed by atoms with Crippen molar-refractivity contribution < 1.29 is 4.74 Å². The minimum Gasteiger partial charge on any atom is -0.474 e. The molecule has 1 aromatic rings. The van der Waals surface area contributed by atoms with Crippen LogP contribution in [0.5, 0.6) is 5.88 Å². The number of rotatable bonds is 2. The minimum atomic E-state index is 0.282. The number of aromatic nitrogens is 2. The zero-order valence-corrected chi connectivity index (χ0v) is 9.57. The molecule has 4 heteroatoms. The number of hydrogen-bond donors (Lipinski definition) is 0. The van der Waals surface area contributed by atoms with Gasteiger partial charge in [-0.15, -0.1) is 0 Å². The molecule has 1 heterocycles. The lowest BCUT2D eigenvalue weighted by molar-refractivity contribution is 0.0974. The highest BCUT2D eigenvalue weighted by Crippen LogP contribution is 2.27. The average molecular weight is 227 g/mol. The van der Waals surface area contributed by atoms with Gasteiger partial charge < -0.3 is 4.74 Å². The molecule has 2 rings (SSSR count). The molecule has 3 nitrogen and oxygen atoms in total. The smallest absolute Gasteiger partial charge is 0.218 e. The predicted octanol–water partition coefficient (Wildman–Crippen LogP) is 3.09. The first-order valence-corrected chi connectivity index (χ1v) is 5.77. The Morgan fingerprint density at radius 1 is 1.33 bits per heavy atom. The molecule has 0 N–H and O–H groups in total. The summed E-state index contributed by atoms with van der Waals surface area (Å²) in [5, 5.41) is 0.434. The minimum absolute atomic E-state index is 0.282. The average Bonchev–Trinajstić information content (AvgIpc) is 2.22. The van der Waals surface area contributed by atoms with E-state index >= 15 is 0 Å². The first-order chi connectivity index (χ1) is 7.25. The molecule has 0 amide bonds. The highest BCUT2D eigenvalue weighted by molar-refractivity contribution is 6.29. The Hall–Kier alpha value is -0.830. The molecule has 0 aromatic carbocycles. The molecule has 1 aliphatic rings. The maximum absolute atomic E-state index is 5.81. The molecule has 0 radical (unpaired) electrons. The van der Waals surface area contributed by atoms with Crippen molar-refractivity contribution in [3.05, 3.63) is 17.5 Å². The van der Waals surface area contributed by atoms with E-state index in [1.54, 1.807) is 6.07 Å². The van der Waals surface area contributed by atoms with E-state index in [9.17, 15) is 0 Å². The summed E-state index contributed by atoms with van der Waals surface area (Å²) in [7, 11) is 0. The van der Waals surface area contributed by atoms with Gasteiger partial charge in [0, 0.05) is 6.07 Å². The summed E-state index contributed by atoms with van der Waals surface area (Å²) >= 11 is 5.77. The number of hydrogen-bond acceptors (Lipinski definition) is 3. The Balaban J connectivity index is 2.01. The Morgan fingerprint density at radius 2 is 2.13 bits per heavy atom. The summed E-state index contributed by atoms with van der Waals surface area (Å²) in [6.07, 6.45) is 6.63. The molecule has 0 bridgehead atoms. The quantitative estimate of drug-likeness (QED) is 0.727. The fourth-order valence-electron chi connectivity index (χ4n) is 1.99. The van der Waals surface area contributed by atoms with E-state index in [0.717, 1.165) is 6.42 Å². The van der Waals surface area contributed by atoms with Gasteiger partial charge in [-0.25, -0.2) is 9.97 Å². The molecule has 1 aromatic heterocycles. The van der Waals surface area contributed by atoms with Crippen LogP contribution >= 0.6 is 11.6 Å². The van der Waals surface area contributed by atoms with Crippen molar-refractivity contribution in [1.82, 2.24) is 9.97 Å². The van der Waals surface area contributed by atoms with Crippen LogP contribution in [0.1, 0.15) is 32.6 Å². The van der Waals surface area contributed by atoms with Crippen LogP contribution in [0.2, 0.25) is 5.15 Å². The van der Waals surface area contributed by atoms with Crippen molar-refractivity contribution >= 4 is 11.6 Å². The van der Waals surface area contributed by atoms with Gasteiger partial charge in [-0.2, -0.15) is 0 Å². The molecular formula is C11H15ClN2O. The Morgan fingerprint density at radius 3 is 2.87 bits per heavy atom. The van der Waals surface area contributed by atoms with Crippen molar-refractivity contribution in [3.8, 4) is 5.88 Å². The lowest BCUT2D eigenvalue weighted by atomic mass is 9.88. The van der Waals surface area contributed by atoms with Crippen LogP contribution in [-0.2, 0) is 0 Å². The standard InChI is InChI=1S/C11H15ClN2O/c1-8-4-2-3-5-9(8)15-11-6-10(12)13-7-14-11/h6-9H,2-5H2,1H3/t8-,9-/m1/s1. The molecule has 1 aliphatic carbocycles. The molecule has 0 aliphatic heterocycles. The normalized spacial score (nSPS) is 26.3. The highest BCUT2D eigenvalue weighted by atomic mass is 35.5. The van der Waals surface area contributed by atoms with Gasteiger partial charge in [0.2, 0.25) is 5.88 Å². The highest BCUT2D eigenvalue weighted by Gasteiger charge is 2.23. The summed E-state index contributed by atoms with van der Waals surface area (Å²) in [4.78, 5) is 7.88. The van der Waals surface area contributed by atoms with Crippen LogP contribution in [0.15, 0.2) is 12.4 Å².